The zero-order valence-electron chi connectivity index (χ0n) is 9.93. The SMILES string of the molecule is CCCC1(CN2CCOCC2)CCCN1. The molecule has 1 N–H and O–H groups in total. The molecule has 0 saturated carbocycles. The first kappa shape index (κ1) is 11.4. The second kappa shape index (κ2) is 5.28. The van der Waals surface area contributed by atoms with E-state index in [1.807, 2.05) is 0 Å². The highest BCUT2D eigenvalue weighted by molar-refractivity contribution is 4.95. The summed E-state index contributed by atoms with van der Waals surface area (Å²) in [6, 6.07) is 0. The molecule has 2 aliphatic rings. The van der Waals surface area contributed by atoms with Gasteiger partial charge in [0.05, 0.1) is 13.2 Å². The molecule has 0 aromatic carbocycles. The van der Waals surface area contributed by atoms with Crippen LogP contribution in [-0.2, 0) is 4.74 Å². The molecule has 2 saturated heterocycles. The van der Waals surface area contributed by atoms with Crippen LogP contribution in [0.25, 0.3) is 0 Å². The lowest BCUT2D eigenvalue weighted by Gasteiger charge is -2.37. The first-order valence-corrected chi connectivity index (χ1v) is 6.40. The Morgan fingerprint density at radius 3 is 2.73 bits per heavy atom. The predicted octanol–water partition coefficient (Wildman–Crippen LogP) is 1.24. The van der Waals surface area contributed by atoms with Gasteiger partial charge in [0.2, 0.25) is 0 Å². The molecule has 3 heteroatoms. The van der Waals surface area contributed by atoms with Crippen molar-refractivity contribution < 1.29 is 4.74 Å². The van der Waals surface area contributed by atoms with Crippen molar-refractivity contribution in [2.24, 2.45) is 0 Å². The van der Waals surface area contributed by atoms with E-state index in [-0.39, 0.29) is 0 Å². The van der Waals surface area contributed by atoms with Gasteiger partial charge in [-0.05, 0) is 25.8 Å². The van der Waals surface area contributed by atoms with Crippen LogP contribution in [0.15, 0.2) is 0 Å². The average Bonchev–Trinajstić information content (AvgIpc) is 2.69. The van der Waals surface area contributed by atoms with Crippen LogP contribution in [0.5, 0.6) is 0 Å². The molecule has 15 heavy (non-hydrogen) atoms. The van der Waals surface area contributed by atoms with Gasteiger partial charge in [0.15, 0.2) is 0 Å². The number of morpholine rings is 1. The minimum atomic E-state index is 0.423. The second-order valence-corrected chi connectivity index (χ2v) is 4.95. The lowest BCUT2D eigenvalue weighted by atomic mass is 9.91. The van der Waals surface area contributed by atoms with Crippen LogP contribution in [-0.4, -0.2) is 49.8 Å². The maximum absolute atomic E-state index is 5.40. The number of nitrogens with one attached hydrogen (secondary N) is 1. The minimum absolute atomic E-state index is 0.423. The maximum atomic E-state index is 5.40. The summed E-state index contributed by atoms with van der Waals surface area (Å²) in [5.74, 6) is 0. The molecule has 0 aromatic heterocycles. The summed E-state index contributed by atoms with van der Waals surface area (Å²) in [5.41, 5.74) is 0.423. The van der Waals surface area contributed by atoms with Crippen molar-refractivity contribution in [3.63, 3.8) is 0 Å². The Morgan fingerprint density at radius 2 is 2.13 bits per heavy atom. The van der Waals surface area contributed by atoms with E-state index in [1.54, 1.807) is 0 Å². The Bertz CT molecular complexity index is 184. The molecule has 2 fully saturated rings. The molecule has 1 atom stereocenters. The van der Waals surface area contributed by atoms with E-state index in [1.165, 1.54) is 38.8 Å². The molecule has 0 aromatic rings. The van der Waals surface area contributed by atoms with Gasteiger partial charge in [-0.3, -0.25) is 4.90 Å². The molecule has 0 bridgehead atoms. The lowest BCUT2D eigenvalue weighted by molar-refractivity contribution is 0.0243. The van der Waals surface area contributed by atoms with Crippen LogP contribution in [0.4, 0.5) is 0 Å². The molecule has 88 valence electrons. The summed E-state index contributed by atoms with van der Waals surface area (Å²) in [4.78, 5) is 2.57. The third-order valence-electron chi connectivity index (χ3n) is 3.69. The zero-order chi connectivity index (χ0) is 10.6. The Hall–Kier alpha value is -0.120. The van der Waals surface area contributed by atoms with Crippen LogP contribution in [0.2, 0.25) is 0 Å². The number of ether oxygens (including phenoxy) is 1. The monoisotopic (exact) mass is 212 g/mol. The Morgan fingerprint density at radius 1 is 1.33 bits per heavy atom. The highest BCUT2D eigenvalue weighted by Gasteiger charge is 2.34. The minimum Gasteiger partial charge on any atom is -0.379 e. The van der Waals surface area contributed by atoms with E-state index >= 15 is 0 Å². The normalized spacial score (nSPS) is 33.4. The van der Waals surface area contributed by atoms with E-state index < -0.39 is 0 Å². The first-order chi connectivity index (χ1) is 7.35. The average molecular weight is 212 g/mol. The quantitative estimate of drug-likeness (QED) is 0.759. The molecular weight excluding hydrogens is 188 g/mol. The van der Waals surface area contributed by atoms with Gasteiger partial charge in [0.1, 0.15) is 0 Å². The van der Waals surface area contributed by atoms with Gasteiger partial charge < -0.3 is 10.1 Å². The van der Waals surface area contributed by atoms with Crippen LogP contribution >= 0.6 is 0 Å². The van der Waals surface area contributed by atoms with Gasteiger partial charge >= 0.3 is 0 Å². The molecule has 2 aliphatic heterocycles. The van der Waals surface area contributed by atoms with E-state index in [4.69, 9.17) is 4.74 Å². The summed E-state index contributed by atoms with van der Waals surface area (Å²) >= 11 is 0. The highest BCUT2D eigenvalue weighted by Crippen LogP contribution is 2.26. The van der Waals surface area contributed by atoms with Crippen LogP contribution in [0, 0.1) is 0 Å². The molecule has 1 unspecified atom stereocenters. The van der Waals surface area contributed by atoms with E-state index in [9.17, 15) is 0 Å². The summed E-state index contributed by atoms with van der Waals surface area (Å²) in [5, 5.41) is 3.74. The van der Waals surface area contributed by atoms with Crippen molar-refractivity contribution in [1.29, 1.82) is 0 Å². The first-order valence-electron chi connectivity index (χ1n) is 6.40. The van der Waals surface area contributed by atoms with Gasteiger partial charge in [-0.15, -0.1) is 0 Å². The van der Waals surface area contributed by atoms with Gasteiger partial charge in [0.25, 0.3) is 0 Å². The van der Waals surface area contributed by atoms with Gasteiger partial charge in [-0.1, -0.05) is 13.3 Å². The van der Waals surface area contributed by atoms with Crippen LogP contribution in [0.3, 0.4) is 0 Å². The topological polar surface area (TPSA) is 24.5 Å². The number of nitrogens with zero attached hydrogens (tertiary/aromatic N) is 1. The molecule has 2 rings (SSSR count). The van der Waals surface area contributed by atoms with Crippen molar-refractivity contribution in [2.45, 2.75) is 38.1 Å². The molecular formula is C12H24N2O. The fourth-order valence-corrected chi connectivity index (χ4v) is 2.96. The number of hydrogen-bond acceptors (Lipinski definition) is 3. The second-order valence-electron chi connectivity index (χ2n) is 4.95. The van der Waals surface area contributed by atoms with Crippen molar-refractivity contribution in [2.75, 3.05) is 39.4 Å². The van der Waals surface area contributed by atoms with Gasteiger partial charge in [0, 0.05) is 25.2 Å². The Labute approximate surface area is 93.2 Å². The Balaban J connectivity index is 1.87. The van der Waals surface area contributed by atoms with Crippen LogP contribution in [0.1, 0.15) is 32.6 Å². The zero-order valence-corrected chi connectivity index (χ0v) is 9.93. The van der Waals surface area contributed by atoms with Gasteiger partial charge in [-0.2, -0.15) is 0 Å². The van der Waals surface area contributed by atoms with Crippen molar-refractivity contribution in [3.05, 3.63) is 0 Å². The van der Waals surface area contributed by atoms with E-state index in [2.05, 4.69) is 17.1 Å². The van der Waals surface area contributed by atoms with Crippen molar-refractivity contribution in [1.82, 2.24) is 10.2 Å². The summed E-state index contributed by atoms with van der Waals surface area (Å²) < 4.78 is 5.40. The number of rotatable bonds is 4. The van der Waals surface area contributed by atoms with Gasteiger partial charge in [-0.25, -0.2) is 0 Å². The van der Waals surface area contributed by atoms with E-state index in [0.717, 1.165) is 26.3 Å². The predicted molar refractivity (Wildman–Crippen MR) is 62.1 cm³/mol. The highest BCUT2D eigenvalue weighted by atomic mass is 16.5. The fraction of sp³-hybridized carbons (Fsp3) is 1.00. The summed E-state index contributed by atoms with van der Waals surface area (Å²) in [6.45, 7) is 8.81. The molecule has 0 radical (unpaired) electrons. The molecule has 3 nitrogen and oxygen atoms in total. The third-order valence-corrected chi connectivity index (χ3v) is 3.69. The lowest BCUT2D eigenvalue weighted by Crippen LogP contribution is -2.52. The van der Waals surface area contributed by atoms with E-state index in [0.29, 0.717) is 5.54 Å². The van der Waals surface area contributed by atoms with Crippen LogP contribution < -0.4 is 5.32 Å². The maximum Gasteiger partial charge on any atom is 0.0594 e. The molecule has 0 spiro atoms. The third kappa shape index (κ3) is 2.92. The summed E-state index contributed by atoms with van der Waals surface area (Å²) in [7, 11) is 0. The number of hydrogen-bond donors (Lipinski definition) is 1. The standard InChI is InChI=1S/C12H24N2O/c1-2-4-12(5-3-6-13-12)11-14-7-9-15-10-8-14/h13H,2-11H2,1H3. The molecule has 0 amide bonds. The Kier molecular flexibility index (Phi) is 4.00. The molecule has 0 aliphatic carbocycles. The molecule has 2 heterocycles. The van der Waals surface area contributed by atoms with Crippen molar-refractivity contribution in [3.8, 4) is 0 Å². The largest absolute Gasteiger partial charge is 0.379 e. The fourth-order valence-electron chi connectivity index (χ4n) is 2.96. The summed E-state index contributed by atoms with van der Waals surface area (Å²) in [6.07, 6.45) is 5.32. The van der Waals surface area contributed by atoms with Crippen molar-refractivity contribution >= 4 is 0 Å². The smallest absolute Gasteiger partial charge is 0.0594 e.